The van der Waals surface area contributed by atoms with Crippen molar-refractivity contribution < 1.29 is 4.74 Å². The first kappa shape index (κ1) is 13.2. The first-order chi connectivity index (χ1) is 7.74. The van der Waals surface area contributed by atoms with Crippen LogP contribution in [0.3, 0.4) is 0 Å². The molecule has 1 aromatic rings. The summed E-state index contributed by atoms with van der Waals surface area (Å²) in [5, 5.41) is 3.50. The van der Waals surface area contributed by atoms with Crippen molar-refractivity contribution in [2.24, 2.45) is 0 Å². The monoisotopic (exact) mass is 222 g/mol. The van der Waals surface area contributed by atoms with E-state index < -0.39 is 0 Å². The van der Waals surface area contributed by atoms with Gasteiger partial charge in [-0.1, -0.05) is 30.3 Å². The molecule has 0 heterocycles. The maximum atomic E-state index is 5.24. The lowest BCUT2D eigenvalue weighted by atomic mass is 10.1. The maximum absolute atomic E-state index is 5.24. The van der Waals surface area contributed by atoms with Crippen molar-refractivity contribution in [1.29, 1.82) is 0 Å². The van der Waals surface area contributed by atoms with Crippen LogP contribution in [-0.2, 0) is 4.74 Å². The lowest BCUT2D eigenvalue weighted by Crippen LogP contribution is -2.31. The average molecular weight is 222 g/mol. The van der Waals surface area contributed by atoms with Crippen LogP contribution in [0.1, 0.15) is 11.6 Å². The Morgan fingerprint density at radius 2 is 1.94 bits per heavy atom. The van der Waals surface area contributed by atoms with E-state index in [2.05, 4.69) is 48.6 Å². The molecule has 0 fully saturated rings. The van der Waals surface area contributed by atoms with Crippen molar-refractivity contribution in [2.75, 3.05) is 40.9 Å². The van der Waals surface area contributed by atoms with Gasteiger partial charge in [0.05, 0.1) is 12.6 Å². The van der Waals surface area contributed by atoms with Gasteiger partial charge >= 0.3 is 0 Å². The first-order valence-corrected chi connectivity index (χ1v) is 5.66. The molecule has 1 aromatic carbocycles. The molecule has 0 spiro atoms. The topological polar surface area (TPSA) is 24.5 Å². The van der Waals surface area contributed by atoms with Gasteiger partial charge in [-0.15, -0.1) is 0 Å². The van der Waals surface area contributed by atoms with Crippen LogP contribution in [-0.4, -0.2) is 45.8 Å². The second kappa shape index (κ2) is 7.39. The number of hydrogen-bond acceptors (Lipinski definition) is 3. The Hall–Kier alpha value is -0.900. The summed E-state index contributed by atoms with van der Waals surface area (Å²) in [7, 11) is 5.90. The highest BCUT2D eigenvalue weighted by molar-refractivity contribution is 5.18. The van der Waals surface area contributed by atoms with Gasteiger partial charge in [0.1, 0.15) is 0 Å². The standard InChI is InChI=1S/C13H22N2O/c1-15(2)10-9-14-13(11-16-3)12-7-5-4-6-8-12/h4-8,13-14H,9-11H2,1-3H3. The van der Waals surface area contributed by atoms with E-state index in [1.54, 1.807) is 7.11 Å². The third kappa shape index (κ3) is 4.75. The third-order valence-electron chi connectivity index (χ3n) is 2.49. The lowest BCUT2D eigenvalue weighted by Gasteiger charge is -2.19. The molecule has 0 saturated heterocycles. The quantitative estimate of drug-likeness (QED) is 0.757. The molecular formula is C13H22N2O. The second-order valence-electron chi connectivity index (χ2n) is 4.18. The third-order valence-corrected chi connectivity index (χ3v) is 2.49. The van der Waals surface area contributed by atoms with Crippen molar-refractivity contribution in [1.82, 2.24) is 10.2 Å². The molecule has 1 atom stereocenters. The summed E-state index contributed by atoms with van der Waals surface area (Å²) in [6, 6.07) is 10.7. The predicted molar refractivity (Wildman–Crippen MR) is 67.6 cm³/mol. The van der Waals surface area contributed by atoms with E-state index in [0.29, 0.717) is 6.61 Å². The Kier molecular flexibility index (Phi) is 6.08. The molecule has 16 heavy (non-hydrogen) atoms. The number of likely N-dealkylation sites (N-methyl/N-ethyl adjacent to an activating group) is 1. The fraction of sp³-hybridized carbons (Fsp3) is 0.538. The Bertz CT molecular complexity index is 275. The van der Waals surface area contributed by atoms with Crippen molar-refractivity contribution >= 4 is 0 Å². The maximum Gasteiger partial charge on any atom is 0.0657 e. The fourth-order valence-corrected chi connectivity index (χ4v) is 1.59. The predicted octanol–water partition coefficient (Wildman–Crippen LogP) is 1.53. The molecular weight excluding hydrogens is 200 g/mol. The summed E-state index contributed by atoms with van der Waals surface area (Å²) < 4.78 is 5.24. The number of ether oxygens (including phenoxy) is 1. The number of hydrogen-bond donors (Lipinski definition) is 1. The lowest BCUT2D eigenvalue weighted by molar-refractivity contribution is 0.165. The van der Waals surface area contributed by atoms with Gasteiger partial charge in [-0.2, -0.15) is 0 Å². The Balaban J connectivity index is 2.48. The Labute approximate surface area is 98.4 Å². The highest BCUT2D eigenvalue weighted by atomic mass is 16.5. The van der Waals surface area contributed by atoms with Crippen molar-refractivity contribution in [3.8, 4) is 0 Å². The molecule has 1 unspecified atom stereocenters. The fourth-order valence-electron chi connectivity index (χ4n) is 1.59. The van der Waals surface area contributed by atoms with Gasteiger partial charge in [0.2, 0.25) is 0 Å². The van der Waals surface area contributed by atoms with Crippen LogP contribution < -0.4 is 5.32 Å². The van der Waals surface area contributed by atoms with Crippen LogP contribution in [0.5, 0.6) is 0 Å². The van der Waals surface area contributed by atoms with E-state index in [9.17, 15) is 0 Å². The molecule has 0 aliphatic heterocycles. The number of methoxy groups -OCH3 is 1. The summed E-state index contributed by atoms with van der Waals surface area (Å²) in [6.07, 6.45) is 0. The van der Waals surface area contributed by atoms with E-state index in [4.69, 9.17) is 4.74 Å². The summed E-state index contributed by atoms with van der Waals surface area (Å²) >= 11 is 0. The van der Waals surface area contributed by atoms with E-state index in [1.807, 2.05) is 6.07 Å². The number of nitrogens with zero attached hydrogens (tertiary/aromatic N) is 1. The molecule has 1 rings (SSSR count). The minimum atomic E-state index is 0.283. The molecule has 0 amide bonds. The number of benzene rings is 1. The molecule has 0 radical (unpaired) electrons. The van der Waals surface area contributed by atoms with Gasteiger partial charge in [-0.3, -0.25) is 0 Å². The van der Waals surface area contributed by atoms with Gasteiger partial charge in [-0.25, -0.2) is 0 Å². The van der Waals surface area contributed by atoms with Gasteiger partial charge in [-0.05, 0) is 19.7 Å². The Morgan fingerprint density at radius 1 is 1.25 bits per heavy atom. The smallest absolute Gasteiger partial charge is 0.0657 e. The van der Waals surface area contributed by atoms with Crippen molar-refractivity contribution in [3.63, 3.8) is 0 Å². The summed E-state index contributed by atoms with van der Waals surface area (Å²) in [6.45, 7) is 2.71. The number of nitrogens with one attached hydrogen (secondary N) is 1. The van der Waals surface area contributed by atoms with Crippen LogP contribution in [0.4, 0.5) is 0 Å². The normalized spacial score (nSPS) is 13.0. The number of rotatable bonds is 7. The van der Waals surface area contributed by atoms with Crippen LogP contribution in [0, 0.1) is 0 Å². The average Bonchev–Trinajstić information content (AvgIpc) is 2.29. The van der Waals surface area contributed by atoms with Crippen molar-refractivity contribution in [2.45, 2.75) is 6.04 Å². The van der Waals surface area contributed by atoms with Crippen LogP contribution >= 0.6 is 0 Å². The van der Waals surface area contributed by atoms with Crippen LogP contribution in [0.15, 0.2) is 30.3 Å². The van der Waals surface area contributed by atoms with Crippen LogP contribution in [0.2, 0.25) is 0 Å². The molecule has 90 valence electrons. The van der Waals surface area contributed by atoms with Crippen molar-refractivity contribution in [3.05, 3.63) is 35.9 Å². The first-order valence-electron chi connectivity index (χ1n) is 5.66. The summed E-state index contributed by atoms with van der Waals surface area (Å²) in [4.78, 5) is 2.17. The van der Waals surface area contributed by atoms with E-state index in [1.165, 1.54) is 5.56 Å². The van der Waals surface area contributed by atoms with E-state index in [0.717, 1.165) is 13.1 Å². The minimum Gasteiger partial charge on any atom is -0.383 e. The molecule has 3 heteroatoms. The van der Waals surface area contributed by atoms with Gasteiger partial charge in [0.15, 0.2) is 0 Å². The van der Waals surface area contributed by atoms with Gasteiger partial charge in [0.25, 0.3) is 0 Å². The molecule has 0 aliphatic rings. The Morgan fingerprint density at radius 3 is 2.50 bits per heavy atom. The zero-order chi connectivity index (χ0) is 11.8. The minimum absolute atomic E-state index is 0.283. The van der Waals surface area contributed by atoms with Gasteiger partial charge in [0, 0.05) is 20.2 Å². The molecule has 1 N–H and O–H groups in total. The summed E-state index contributed by atoms with van der Waals surface area (Å²) in [5.74, 6) is 0. The second-order valence-corrected chi connectivity index (χ2v) is 4.18. The molecule has 0 aromatic heterocycles. The molecule has 0 saturated carbocycles. The van der Waals surface area contributed by atoms with Crippen LogP contribution in [0.25, 0.3) is 0 Å². The zero-order valence-electron chi connectivity index (χ0n) is 10.4. The highest BCUT2D eigenvalue weighted by Gasteiger charge is 2.09. The molecule has 0 bridgehead atoms. The SMILES string of the molecule is COCC(NCCN(C)C)c1ccccc1. The molecule has 0 aliphatic carbocycles. The van der Waals surface area contributed by atoms with E-state index >= 15 is 0 Å². The highest BCUT2D eigenvalue weighted by Crippen LogP contribution is 2.12. The van der Waals surface area contributed by atoms with E-state index in [-0.39, 0.29) is 6.04 Å². The summed E-state index contributed by atoms with van der Waals surface area (Å²) in [5.41, 5.74) is 1.28. The zero-order valence-corrected chi connectivity index (χ0v) is 10.4. The van der Waals surface area contributed by atoms with Gasteiger partial charge < -0.3 is 15.0 Å². The molecule has 3 nitrogen and oxygen atoms in total. The largest absolute Gasteiger partial charge is 0.383 e.